The van der Waals surface area contributed by atoms with E-state index in [4.69, 9.17) is 9.97 Å². The van der Waals surface area contributed by atoms with E-state index in [1.807, 2.05) is 35.2 Å². The van der Waals surface area contributed by atoms with Gasteiger partial charge in [-0.2, -0.15) is 4.98 Å². The fourth-order valence-electron chi connectivity index (χ4n) is 4.92. The molecule has 0 spiro atoms. The highest BCUT2D eigenvalue weighted by atomic mass is 16.2. The molecule has 0 unspecified atom stereocenters. The number of anilines is 2. The van der Waals surface area contributed by atoms with Gasteiger partial charge >= 0.3 is 0 Å². The first-order chi connectivity index (χ1) is 14.8. The van der Waals surface area contributed by atoms with Crippen LogP contribution in [-0.2, 0) is 13.0 Å². The molecule has 0 bridgehead atoms. The van der Waals surface area contributed by atoms with Gasteiger partial charge < -0.3 is 14.7 Å². The molecule has 3 aliphatic heterocycles. The summed E-state index contributed by atoms with van der Waals surface area (Å²) in [7, 11) is 0. The molecule has 5 rings (SSSR count). The first-order valence-electron chi connectivity index (χ1n) is 11.5. The minimum Gasteiger partial charge on any atom is -0.356 e. The van der Waals surface area contributed by atoms with Gasteiger partial charge in [-0.1, -0.05) is 18.2 Å². The molecule has 0 N–H and O–H groups in total. The van der Waals surface area contributed by atoms with E-state index in [2.05, 4.69) is 9.80 Å². The third-order valence-electron chi connectivity index (χ3n) is 6.63. The second-order valence-corrected chi connectivity index (χ2v) is 8.71. The number of nitrogens with zero attached hydrogens (tertiary/aromatic N) is 5. The predicted molar refractivity (Wildman–Crippen MR) is 119 cm³/mol. The first-order valence-corrected chi connectivity index (χ1v) is 11.5. The molecular weight excluding hydrogens is 374 g/mol. The number of benzene rings is 1. The van der Waals surface area contributed by atoms with Gasteiger partial charge in [-0.05, 0) is 50.7 Å². The number of hydrogen-bond donors (Lipinski definition) is 0. The Balaban J connectivity index is 1.47. The number of hydrogen-bond acceptors (Lipinski definition) is 5. The van der Waals surface area contributed by atoms with Crippen LogP contribution in [0.4, 0.5) is 11.8 Å². The molecule has 2 fully saturated rings. The van der Waals surface area contributed by atoms with E-state index < -0.39 is 0 Å². The highest BCUT2D eigenvalue weighted by Crippen LogP contribution is 2.32. The van der Waals surface area contributed by atoms with Crippen LogP contribution >= 0.6 is 0 Å². The zero-order valence-electron chi connectivity index (χ0n) is 17.7. The standard InChI is InChI=1S/C24H31N5O/c30-23(19-10-4-1-5-11-19)29-17-12-21-20(18-29)22(27-13-6-2-7-14-27)26-24(25-21)28-15-8-3-9-16-28/h1,4-5,10-11H,2-3,6-9,12-18H2. The van der Waals surface area contributed by atoms with Gasteiger partial charge in [0.1, 0.15) is 5.82 Å². The van der Waals surface area contributed by atoms with Crippen molar-refractivity contribution < 1.29 is 4.79 Å². The Kier molecular flexibility index (Phi) is 5.56. The Morgan fingerprint density at radius 2 is 1.43 bits per heavy atom. The Morgan fingerprint density at radius 3 is 2.13 bits per heavy atom. The van der Waals surface area contributed by atoms with Crippen LogP contribution in [0.1, 0.15) is 60.1 Å². The van der Waals surface area contributed by atoms with Crippen LogP contribution in [-0.4, -0.2) is 53.5 Å². The van der Waals surface area contributed by atoms with Gasteiger partial charge in [0.05, 0.1) is 12.2 Å². The van der Waals surface area contributed by atoms with Crippen LogP contribution in [0.5, 0.6) is 0 Å². The largest absolute Gasteiger partial charge is 0.356 e. The molecule has 2 saturated heterocycles. The second-order valence-electron chi connectivity index (χ2n) is 8.71. The van der Waals surface area contributed by atoms with E-state index in [0.29, 0.717) is 6.54 Å². The second kappa shape index (κ2) is 8.62. The molecule has 0 saturated carbocycles. The number of carbonyl (C=O) groups is 1. The molecule has 2 aromatic rings. The quantitative estimate of drug-likeness (QED) is 0.780. The molecule has 4 heterocycles. The van der Waals surface area contributed by atoms with Crippen molar-refractivity contribution in [3.63, 3.8) is 0 Å². The van der Waals surface area contributed by atoms with Crippen molar-refractivity contribution in [1.82, 2.24) is 14.9 Å². The summed E-state index contributed by atoms with van der Waals surface area (Å²) in [5.74, 6) is 2.08. The summed E-state index contributed by atoms with van der Waals surface area (Å²) in [4.78, 5) is 30.0. The third kappa shape index (κ3) is 3.87. The molecule has 30 heavy (non-hydrogen) atoms. The molecule has 1 aromatic carbocycles. The van der Waals surface area contributed by atoms with E-state index in [1.54, 1.807) is 0 Å². The molecule has 1 aromatic heterocycles. The third-order valence-corrected chi connectivity index (χ3v) is 6.63. The van der Waals surface area contributed by atoms with Crippen LogP contribution in [0.3, 0.4) is 0 Å². The van der Waals surface area contributed by atoms with E-state index in [9.17, 15) is 4.79 Å². The lowest BCUT2D eigenvalue weighted by Gasteiger charge is -2.36. The van der Waals surface area contributed by atoms with Crippen molar-refractivity contribution >= 4 is 17.7 Å². The Labute approximate surface area is 178 Å². The summed E-state index contributed by atoms with van der Waals surface area (Å²) in [6.45, 7) is 5.53. The molecule has 158 valence electrons. The van der Waals surface area contributed by atoms with Crippen LogP contribution in [0.25, 0.3) is 0 Å². The van der Waals surface area contributed by atoms with Crippen LogP contribution in [0.2, 0.25) is 0 Å². The average Bonchev–Trinajstić information content (AvgIpc) is 2.84. The zero-order chi connectivity index (χ0) is 20.3. The van der Waals surface area contributed by atoms with Crippen LogP contribution < -0.4 is 9.80 Å². The lowest BCUT2D eigenvalue weighted by Crippen LogP contribution is -2.40. The number of carbonyl (C=O) groups excluding carboxylic acids is 1. The summed E-state index contributed by atoms with van der Waals surface area (Å²) in [6, 6.07) is 9.61. The number of piperidine rings is 2. The summed E-state index contributed by atoms with van der Waals surface area (Å²) in [6.07, 6.45) is 8.27. The maximum atomic E-state index is 13.1. The van der Waals surface area contributed by atoms with Crippen molar-refractivity contribution in [3.8, 4) is 0 Å². The molecule has 6 nitrogen and oxygen atoms in total. The first kappa shape index (κ1) is 19.3. The van der Waals surface area contributed by atoms with Gasteiger partial charge in [0.15, 0.2) is 0 Å². The van der Waals surface area contributed by atoms with E-state index in [-0.39, 0.29) is 5.91 Å². The molecule has 0 atom stereocenters. The van der Waals surface area contributed by atoms with Crippen molar-refractivity contribution in [2.45, 2.75) is 51.5 Å². The lowest BCUT2D eigenvalue weighted by atomic mass is 10.0. The van der Waals surface area contributed by atoms with Gasteiger partial charge in [0.25, 0.3) is 5.91 Å². The summed E-state index contributed by atoms with van der Waals surface area (Å²) in [5.41, 5.74) is 3.06. The Bertz CT molecular complexity index is 888. The number of rotatable bonds is 3. The number of fused-ring (bicyclic) bond motifs is 1. The maximum Gasteiger partial charge on any atom is 0.254 e. The van der Waals surface area contributed by atoms with Gasteiger partial charge in [0, 0.05) is 50.3 Å². The lowest BCUT2D eigenvalue weighted by molar-refractivity contribution is 0.0733. The summed E-state index contributed by atoms with van der Waals surface area (Å²) >= 11 is 0. The van der Waals surface area contributed by atoms with E-state index in [1.165, 1.54) is 38.5 Å². The topological polar surface area (TPSA) is 52.6 Å². The highest BCUT2D eigenvalue weighted by Gasteiger charge is 2.29. The minimum absolute atomic E-state index is 0.103. The van der Waals surface area contributed by atoms with Gasteiger partial charge in [-0.25, -0.2) is 4.98 Å². The Morgan fingerprint density at radius 1 is 0.767 bits per heavy atom. The molecule has 1 amide bonds. The van der Waals surface area contributed by atoms with Gasteiger partial charge in [0.2, 0.25) is 5.95 Å². The van der Waals surface area contributed by atoms with Gasteiger partial charge in [-0.15, -0.1) is 0 Å². The summed E-state index contributed by atoms with van der Waals surface area (Å²) < 4.78 is 0. The van der Waals surface area contributed by atoms with Crippen molar-refractivity contribution in [2.24, 2.45) is 0 Å². The summed E-state index contributed by atoms with van der Waals surface area (Å²) in [5, 5.41) is 0. The van der Waals surface area contributed by atoms with Crippen LogP contribution in [0, 0.1) is 0 Å². The van der Waals surface area contributed by atoms with Gasteiger partial charge in [-0.3, -0.25) is 4.79 Å². The maximum absolute atomic E-state index is 13.1. The van der Waals surface area contributed by atoms with Crippen LogP contribution in [0.15, 0.2) is 30.3 Å². The smallest absolute Gasteiger partial charge is 0.254 e. The fraction of sp³-hybridized carbons (Fsp3) is 0.542. The monoisotopic (exact) mass is 405 g/mol. The van der Waals surface area contributed by atoms with E-state index in [0.717, 1.165) is 67.7 Å². The molecule has 0 aliphatic carbocycles. The number of amides is 1. The number of aromatic nitrogens is 2. The van der Waals surface area contributed by atoms with E-state index >= 15 is 0 Å². The molecule has 3 aliphatic rings. The average molecular weight is 406 g/mol. The normalized spacial score (nSPS) is 19.5. The predicted octanol–water partition coefficient (Wildman–Crippen LogP) is 3.66. The molecular formula is C24H31N5O. The molecule has 0 radical (unpaired) electrons. The minimum atomic E-state index is 0.103. The fourth-order valence-corrected chi connectivity index (χ4v) is 4.92. The Hall–Kier alpha value is -2.63. The zero-order valence-corrected chi connectivity index (χ0v) is 17.7. The van der Waals surface area contributed by atoms with Crippen molar-refractivity contribution in [3.05, 3.63) is 47.2 Å². The highest BCUT2D eigenvalue weighted by molar-refractivity contribution is 5.94. The SMILES string of the molecule is O=C(c1ccccc1)N1CCc2nc(N3CCCCC3)nc(N3CCCCC3)c2C1. The van der Waals surface area contributed by atoms with Crippen molar-refractivity contribution in [1.29, 1.82) is 0 Å². The van der Waals surface area contributed by atoms with Crippen molar-refractivity contribution in [2.75, 3.05) is 42.5 Å². The molecule has 6 heteroatoms.